The fraction of sp³-hybridized carbons (Fsp3) is 0.214. The Bertz CT molecular complexity index is 674. The van der Waals surface area contributed by atoms with Crippen molar-refractivity contribution in [3.05, 3.63) is 63.2 Å². The summed E-state index contributed by atoms with van der Waals surface area (Å²) in [5.41, 5.74) is -0.686. The zero-order valence-corrected chi connectivity index (χ0v) is 12.1. The third-order valence-corrected chi connectivity index (χ3v) is 3.06. The average Bonchev–Trinajstić information content (AvgIpc) is 2.41. The second kappa shape index (κ2) is 5.65. The van der Waals surface area contributed by atoms with Crippen LogP contribution in [0.5, 0.6) is 5.75 Å². The Labute approximate surface area is 125 Å². The molecule has 0 aliphatic heterocycles. The molecule has 1 heterocycles. The van der Waals surface area contributed by atoms with Crippen LogP contribution in [0, 0.1) is 15.9 Å². The Morgan fingerprint density at radius 1 is 1.33 bits per heavy atom. The zero-order chi connectivity index (χ0) is 15.6. The highest BCUT2D eigenvalue weighted by Crippen LogP contribution is 2.30. The second-order valence-electron chi connectivity index (χ2n) is 4.85. The molecule has 1 aromatic carbocycles. The predicted octanol–water partition coefficient (Wildman–Crippen LogP) is 4.10. The first kappa shape index (κ1) is 15.2. The van der Waals surface area contributed by atoms with E-state index in [1.165, 1.54) is 18.3 Å². The molecule has 0 radical (unpaired) electrons. The van der Waals surface area contributed by atoms with Gasteiger partial charge in [0.05, 0.1) is 21.7 Å². The fourth-order valence-corrected chi connectivity index (χ4v) is 1.86. The lowest BCUT2D eigenvalue weighted by Gasteiger charge is -2.26. The number of hydrogen-bond acceptors (Lipinski definition) is 4. The summed E-state index contributed by atoms with van der Waals surface area (Å²) < 4.78 is 19.4. The third kappa shape index (κ3) is 3.46. The molecular weight excluding hydrogens is 299 g/mol. The number of nitrogens with zero attached hydrogens (tertiary/aromatic N) is 2. The summed E-state index contributed by atoms with van der Waals surface area (Å²) in [6.45, 7) is 3.42. The molecule has 2 aromatic rings. The van der Waals surface area contributed by atoms with Crippen LogP contribution < -0.4 is 4.74 Å². The number of non-ortho nitro benzene ring substituents is 1. The predicted molar refractivity (Wildman–Crippen MR) is 76.0 cm³/mol. The van der Waals surface area contributed by atoms with Crippen LogP contribution in [0.25, 0.3) is 0 Å². The van der Waals surface area contributed by atoms with Gasteiger partial charge in [-0.05, 0) is 32.0 Å². The highest BCUT2D eigenvalue weighted by molar-refractivity contribution is 6.30. The van der Waals surface area contributed by atoms with Gasteiger partial charge in [0.2, 0.25) is 0 Å². The van der Waals surface area contributed by atoms with E-state index in [1.54, 1.807) is 26.0 Å². The molecule has 0 saturated heterocycles. The van der Waals surface area contributed by atoms with Crippen molar-refractivity contribution in [3.8, 4) is 5.75 Å². The van der Waals surface area contributed by atoms with Crippen LogP contribution in [0.2, 0.25) is 5.02 Å². The minimum Gasteiger partial charge on any atom is -0.478 e. The van der Waals surface area contributed by atoms with E-state index in [0.29, 0.717) is 10.7 Å². The Morgan fingerprint density at radius 3 is 2.57 bits per heavy atom. The summed E-state index contributed by atoms with van der Waals surface area (Å²) in [4.78, 5) is 14.0. The van der Waals surface area contributed by atoms with Crippen LogP contribution in [-0.2, 0) is 5.60 Å². The van der Waals surface area contributed by atoms with Gasteiger partial charge in [-0.25, -0.2) is 4.39 Å². The molecule has 5 nitrogen and oxygen atoms in total. The van der Waals surface area contributed by atoms with Gasteiger partial charge in [0.15, 0.2) is 11.6 Å². The number of aromatic nitrogens is 1. The Balaban J connectivity index is 2.28. The van der Waals surface area contributed by atoms with Crippen molar-refractivity contribution in [3.63, 3.8) is 0 Å². The molecule has 0 fully saturated rings. The van der Waals surface area contributed by atoms with E-state index in [0.717, 1.165) is 6.07 Å². The summed E-state index contributed by atoms with van der Waals surface area (Å²) in [5.74, 6) is -0.881. The molecule has 0 spiro atoms. The van der Waals surface area contributed by atoms with E-state index in [4.69, 9.17) is 16.3 Å². The van der Waals surface area contributed by atoms with E-state index in [-0.39, 0.29) is 11.4 Å². The van der Waals surface area contributed by atoms with E-state index < -0.39 is 16.3 Å². The van der Waals surface area contributed by atoms with Crippen molar-refractivity contribution in [2.24, 2.45) is 0 Å². The molecule has 7 heteroatoms. The van der Waals surface area contributed by atoms with Gasteiger partial charge >= 0.3 is 0 Å². The van der Waals surface area contributed by atoms with Gasteiger partial charge in [0.1, 0.15) is 5.60 Å². The first-order chi connectivity index (χ1) is 9.79. The van der Waals surface area contributed by atoms with Crippen molar-refractivity contribution in [2.45, 2.75) is 19.4 Å². The van der Waals surface area contributed by atoms with Crippen molar-refractivity contribution in [1.82, 2.24) is 4.98 Å². The molecule has 0 aliphatic carbocycles. The monoisotopic (exact) mass is 310 g/mol. The van der Waals surface area contributed by atoms with Crippen LogP contribution >= 0.6 is 11.6 Å². The Kier molecular flexibility index (Phi) is 4.09. The summed E-state index contributed by atoms with van der Waals surface area (Å²) in [6.07, 6.45) is 1.47. The van der Waals surface area contributed by atoms with Crippen LogP contribution in [0.15, 0.2) is 36.5 Å². The smallest absolute Gasteiger partial charge is 0.272 e. The molecule has 0 saturated carbocycles. The first-order valence-corrected chi connectivity index (χ1v) is 6.42. The van der Waals surface area contributed by atoms with E-state index in [1.807, 2.05) is 0 Å². The van der Waals surface area contributed by atoms with Gasteiger partial charge in [-0.1, -0.05) is 11.6 Å². The topological polar surface area (TPSA) is 65.3 Å². The first-order valence-electron chi connectivity index (χ1n) is 6.04. The molecular formula is C14H12ClFN2O3. The summed E-state index contributed by atoms with van der Waals surface area (Å²) >= 11 is 5.77. The summed E-state index contributed by atoms with van der Waals surface area (Å²) in [7, 11) is 0. The number of nitro benzene ring substituents is 1. The van der Waals surface area contributed by atoms with Gasteiger partial charge in [0.25, 0.3) is 5.69 Å². The van der Waals surface area contributed by atoms with Gasteiger partial charge in [-0.15, -0.1) is 0 Å². The van der Waals surface area contributed by atoms with Gasteiger partial charge in [0, 0.05) is 12.3 Å². The lowest BCUT2D eigenvalue weighted by Crippen LogP contribution is -2.27. The molecule has 0 bridgehead atoms. The number of benzene rings is 1. The minimum atomic E-state index is -0.915. The molecule has 0 unspecified atom stereocenters. The fourth-order valence-electron chi connectivity index (χ4n) is 1.75. The number of rotatable bonds is 4. The molecule has 0 N–H and O–H groups in total. The van der Waals surface area contributed by atoms with Gasteiger partial charge in [-0.2, -0.15) is 0 Å². The summed E-state index contributed by atoms with van der Waals surface area (Å²) in [5, 5.41) is 11.1. The van der Waals surface area contributed by atoms with Crippen LogP contribution in [0.1, 0.15) is 19.5 Å². The molecule has 1 aromatic heterocycles. The number of ether oxygens (including phenoxy) is 1. The van der Waals surface area contributed by atoms with Gasteiger partial charge < -0.3 is 4.74 Å². The molecule has 110 valence electrons. The maximum Gasteiger partial charge on any atom is 0.272 e. The van der Waals surface area contributed by atoms with Gasteiger partial charge in [-0.3, -0.25) is 15.1 Å². The molecule has 21 heavy (non-hydrogen) atoms. The minimum absolute atomic E-state index is 0.0812. The highest BCUT2D eigenvalue weighted by atomic mass is 35.5. The molecule has 0 aliphatic rings. The average molecular weight is 311 g/mol. The maximum absolute atomic E-state index is 13.8. The quantitative estimate of drug-likeness (QED) is 0.630. The van der Waals surface area contributed by atoms with Crippen molar-refractivity contribution in [2.75, 3.05) is 0 Å². The summed E-state index contributed by atoms with van der Waals surface area (Å²) in [6, 6.07) is 6.56. The largest absolute Gasteiger partial charge is 0.478 e. The normalized spacial score (nSPS) is 11.2. The van der Waals surface area contributed by atoms with Crippen molar-refractivity contribution in [1.29, 1.82) is 0 Å². The lowest BCUT2D eigenvalue weighted by atomic mass is 10.0. The number of halogens is 2. The number of hydrogen-bond donors (Lipinski definition) is 0. The lowest BCUT2D eigenvalue weighted by molar-refractivity contribution is -0.385. The van der Waals surface area contributed by atoms with E-state index in [9.17, 15) is 14.5 Å². The molecule has 2 rings (SSSR count). The second-order valence-corrected chi connectivity index (χ2v) is 5.28. The molecule has 0 atom stereocenters. The Morgan fingerprint density at radius 2 is 2.05 bits per heavy atom. The number of pyridine rings is 1. The zero-order valence-electron chi connectivity index (χ0n) is 11.3. The maximum atomic E-state index is 13.8. The Hall–Kier alpha value is -2.21. The van der Waals surface area contributed by atoms with E-state index in [2.05, 4.69) is 4.98 Å². The highest BCUT2D eigenvalue weighted by Gasteiger charge is 2.26. The SMILES string of the molecule is CC(C)(Oc1ccc([N+](=O)[O-])cc1F)c1ccc(Cl)cn1. The van der Waals surface area contributed by atoms with Crippen LogP contribution in [0.4, 0.5) is 10.1 Å². The standard InChI is InChI=1S/C14H12ClFN2O3/c1-14(2,13-6-3-9(15)8-17-13)21-12-5-4-10(18(19)20)7-11(12)16/h3-8H,1-2H3. The van der Waals surface area contributed by atoms with Crippen molar-refractivity contribution < 1.29 is 14.1 Å². The third-order valence-electron chi connectivity index (χ3n) is 2.84. The van der Waals surface area contributed by atoms with Crippen LogP contribution in [-0.4, -0.2) is 9.91 Å². The molecule has 0 amide bonds. The van der Waals surface area contributed by atoms with Crippen LogP contribution in [0.3, 0.4) is 0 Å². The van der Waals surface area contributed by atoms with Crippen molar-refractivity contribution >= 4 is 17.3 Å². The number of nitro groups is 1. The van der Waals surface area contributed by atoms with E-state index >= 15 is 0 Å².